The predicted molar refractivity (Wildman–Crippen MR) is 81.9 cm³/mol. The first-order valence-electron chi connectivity index (χ1n) is 6.51. The average molecular weight is 267 g/mol. The molecular formula is C16H17N3O. The SMILES string of the molecule is COc1ccc(N(C)c2nc(C)cc3[nH]ccc23)cc1. The zero-order valence-electron chi connectivity index (χ0n) is 11.8. The average Bonchev–Trinajstić information content (AvgIpc) is 2.94. The normalized spacial score (nSPS) is 10.8. The molecule has 4 nitrogen and oxygen atoms in total. The van der Waals surface area contributed by atoms with E-state index in [1.807, 2.05) is 44.4 Å². The number of hydrogen-bond donors (Lipinski definition) is 1. The molecule has 102 valence electrons. The molecule has 1 N–H and O–H groups in total. The summed E-state index contributed by atoms with van der Waals surface area (Å²) in [6, 6.07) is 12.1. The van der Waals surface area contributed by atoms with Crippen molar-refractivity contribution in [2.45, 2.75) is 6.92 Å². The van der Waals surface area contributed by atoms with Gasteiger partial charge in [0.25, 0.3) is 0 Å². The zero-order valence-corrected chi connectivity index (χ0v) is 11.8. The minimum atomic E-state index is 0.853. The summed E-state index contributed by atoms with van der Waals surface area (Å²) in [7, 11) is 3.69. The van der Waals surface area contributed by atoms with Gasteiger partial charge in [-0.05, 0) is 43.3 Å². The number of fused-ring (bicyclic) bond motifs is 1. The van der Waals surface area contributed by atoms with Crippen molar-refractivity contribution in [2.75, 3.05) is 19.1 Å². The Kier molecular flexibility index (Phi) is 3.06. The lowest BCUT2D eigenvalue weighted by Crippen LogP contribution is -2.12. The number of aryl methyl sites for hydroxylation is 1. The summed E-state index contributed by atoms with van der Waals surface area (Å²) in [4.78, 5) is 9.99. The molecular weight excluding hydrogens is 250 g/mol. The molecule has 0 saturated carbocycles. The van der Waals surface area contributed by atoms with E-state index >= 15 is 0 Å². The molecule has 1 aromatic carbocycles. The molecule has 0 radical (unpaired) electrons. The Balaban J connectivity index is 2.06. The molecule has 20 heavy (non-hydrogen) atoms. The second-order valence-electron chi connectivity index (χ2n) is 4.78. The number of aromatic nitrogens is 2. The predicted octanol–water partition coefficient (Wildman–Crippen LogP) is 3.65. The van der Waals surface area contributed by atoms with Crippen LogP contribution in [0.2, 0.25) is 0 Å². The smallest absolute Gasteiger partial charge is 0.142 e. The van der Waals surface area contributed by atoms with E-state index in [-0.39, 0.29) is 0 Å². The van der Waals surface area contributed by atoms with E-state index in [9.17, 15) is 0 Å². The van der Waals surface area contributed by atoms with Gasteiger partial charge in [0.15, 0.2) is 0 Å². The zero-order chi connectivity index (χ0) is 14.1. The summed E-state index contributed by atoms with van der Waals surface area (Å²) in [6.07, 6.45) is 1.94. The molecule has 2 heterocycles. The molecule has 0 aliphatic rings. The number of nitrogens with zero attached hydrogens (tertiary/aromatic N) is 2. The van der Waals surface area contributed by atoms with Crippen LogP contribution < -0.4 is 9.64 Å². The van der Waals surface area contributed by atoms with E-state index in [0.29, 0.717) is 0 Å². The number of benzene rings is 1. The highest BCUT2D eigenvalue weighted by Gasteiger charge is 2.11. The fraction of sp³-hybridized carbons (Fsp3) is 0.188. The monoisotopic (exact) mass is 267 g/mol. The minimum Gasteiger partial charge on any atom is -0.497 e. The van der Waals surface area contributed by atoms with Gasteiger partial charge in [-0.3, -0.25) is 0 Å². The van der Waals surface area contributed by atoms with Crippen LogP contribution in [-0.4, -0.2) is 24.1 Å². The lowest BCUT2D eigenvalue weighted by molar-refractivity contribution is 0.415. The number of methoxy groups -OCH3 is 1. The van der Waals surface area contributed by atoms with Gasteiger partial charge in [-0.15, -0.1) is 0 Å². The van der Waals surface area contributed by atoms with Gasteiger partial charge in [0.1, 0.15) is 11.6 Å². The van der Waals surface area contributed by atoms with E-state index in [1.54, 1.807) is 7.11 Å². The van der Waals surface area contributed by atoms with Crippen LogP contribution in [0.5, 0.6) is 5.75 Å². The molecule has 0 saturated heterocycles. The van der Waals surface area contributed by atoms with Gasteiger partial charge in [0, 0.05) is 30.0 Å². The molecule has 3 aromatic rings. The maximum atomic E-state index is 5.19. The third-order valence-corrected chi connectivity index (χ3v) is 3.43. The van der Waals surface area contributed by atoms with Gasteiger partial charge in [-0.2, -0.15) is 0 Å². The summed E-state index contributed by atoms with van der Waals surface area (Å²) in [5.74, 6) is 1.80. The Hall–Kier alpha value is -2.49. The van der Waals surface area contributed by atoms with Crippen molar-refractivity contribution in [3.05, 3.63) is 48.3 Å². The van der Waals surface area contributed by atoms with Crippen molar-refractivity contribution in [1.82, 2.24) is 9.97 Å². The number of ether oxygens (including phenoxy) is 1. The van der Waals surface area contributed by atoms with Crippen molar-refractivity contribution < 1.29 is 4.74 Å². The van der Waals surface area contributed by atoms with Crippen LogP contribution in [-0.2, 0) is 0 Å². The minimum absolute atomic E-state index is 0.853. The third kappa shape index (κ3) is 2.09. The quantitative estimate of drug-likeness (QED) is 0.787. The third-order valence-electron chi connectivity index (χ3n) is 3.43. The lowest BCUT2D eigenvalue weighted by atomic mass is 10.2. The fourth-order valence-corrected chi connectivity index (χ4v) is 2.35. The van der Waals surface area contributed by atoms with Crippen molar-refractivity contribution in [3.63, 3.8) is 0 Å². The Bertz CT molecular complexity index is 731. The maximum Gasteiger partial charge on any atom is 0.142 e. The number of aromatic amines is 1. The summed E-state index contributed by atoms with van der Waals surface area (Å²) < 4.78 is 5.19. The number of pyridine rings is 1. The lowest BCUT2D eigenvalue weighted by Gasteiger charge is -2.20. The van der Waals surface area contributed by atoms with E-state index in [1.165, 1.54) is 0 Å². The van der Waals surface area contributed by atoms with Crippen LogP contribution in [0.4, 0.5) is 11.5 Å². The number of nitrogens with one attached hydrogen (secondary N) is 1. The fourth-order valence-electron chi connectivity index (χ4n) is 2.35. The second kappa shape index (κ2) is 4.89. The Morgan fingerprint density at radius 1 is 1.15 bits per heavy atom. The van der Waals surface area contributed by atoms with Gasteiger partial charge in [0.05, 0.1) is 12.6 Å². The van der Waals surface area contributed by atoms with Crippen LogP contribution in [0, 0.1) is 6.92 Å². The van der Waals surface area contributed by atoms with Gasteiger partial charge in [-0.1, -0.05) is 0 Å². The molecule has 4 heteroatoms. The molecule has 0 aliphatic carbocycles. The number of rotatable bonds is 3. The summed E-state index contributed by atoms with van der Waals surface area (Å²) in [5.41, 5.74) is 3.18. The van der Waals surface area contributed by atoms with Crippen LogP contribution >= 0.6 is 0 Å². The number of H-pyrrole nitrogens is 1. The summed E-state index contributed by atoms with van der Waals surface area (Å²) >= 11 is 0. The van der Waals surface area contributed by atoms with Crippen LogP contribution in [0.3, 0.4) is 0 Å². The van der Waals surface area contributed by atoms with Crippen molar-refractivity contribution in [2.24, 2.45) is 0 Å². The molecule has 0 aliphatic heterocycles. The molecule has 0 bridgehead atoms. The topological polar surface area (TPSA) is 41.1 Å². The molecule has 3 rings (SSSR count). The molecule has 0 spiro atoms. The maximum absolute atomic E-state index is 5.19. The Labute approximate surface area is 118 Å². The van der Waals surface area contributed by atoms with Crippen LogP contribution in [0.15, 0.2) is 42.6 Å². The highest BCUT2D eigenvalue weighted by molar-refractivity contribution is 5.92. The van der Waals surface area contributed by atoms with Gasteiger partial charge < -0.3 is 14.6 Å². The largest absolute Gasteiger partial charge is 0.497 e. The second-order valence-corrected chi connectivity index (χ2v) is 4.78. The van der Waals surface area contributed by atoms with Gasteiger partial charge in [0.2, 0.25) is 0 Å². The molecule has 0 fully saturated rings. The first-order valence-corrected chi connectivity index (χ1v) is 6.51. The number of hydrogen-bond acceptors (Lipinski definition) is 3. The molecule has 0 atom stereocenters. The summed E-state index contributed by atoms with van der Waals surface area (Å²) in [6.45, 7) is 2.01. The van der Waals surface area contributed by atoms with Crippen molar-refractivity contribution in [1.29, 1.82) is 0 Å². The number of anilines is 2. The highest BCUT2D eigenvalue weighted by Crippen LogP contribution is 2.30. The van der Waals surface area contributed by atoms with E-state index in [4.69, 9.17) is 4.74 Å². The van der Waals surface area contributed by atoms with Crippen LogP contribution in [0.25, 0.3) is 10.9 Å². The van der Waals surface area contributed by atoms with Crippen molar-refractivity contribution in [3.8, 4) is 5.75 Å². The van der Waals surface area contributed by atoms with Crippen molar-refractivity contribution >= 4 is 22.4 Å². The van der Waals surface area contributed by atoms with Gasteiger partial charge in [-0.25, -0.2) is 4.98 Å². The Morgan fingerprint density at radius 2 is 1.90 bits per heavy atom. The van der Waals surface area contributed by atoms with Gasteiger partial charge >= 0.3 is 0 Å². The standard InChI is InChI=1S/C16H17N3O/c1-11-10-15-14(8-9-17-15)16(18-11)19(2)12-4-6-13(20-3)7-5-12/h4-10,17H,1-3H3. The molecule has 0 unspecified atom stereocenters. The molecule has 2 aromatic heterocycles. The Morgan fingerprint density at radius 3 is 2.60 bits per heavy atom. The first kappa shape index (κ1) is 12.5. The van der Waals surface area contributed by atoms with E-state index in [2.05, 4.69) is 27.0 Å². The first-order chi connectivity index (χ1) is 9.69. The summed E-state index contributed by atoms with van der Waals surface area (Å²) in [5, 5.41) is 1.12. The molecule has 0 amide bonds. The highest BCUT2D eigenvalue weighted by atomic mass is 16.5. The van der Waals surface area contributed by atoms with E-state index < -0.39 is 0 Å². The van der Waals surface area contributed by atoms with E-state index in [0.717, 1.165) is 33.9 Å². The van der Waals surface area contributed by atoms with Crippen LogP contribution in [0.1, 0.15) is 5.69 Å².